The van der Waals surface area contributed by atoms with Crippen molar-refractivity contribution in [2.45, 2.75) is 13.5 Å². The predicted molar refractivity (Wildman–Crippen MR) is 140 cm³/mol. The van der Waals surface area contributed by atoms with Crippen molar-refractivity contribution in [1.82, 2.24) is 0 Å². The lowest BCUT2D eigenvalue weighted by atomic mass is 10.1. The maximum atomic E-state index is 12.3. The average Bonchev–Trinajstić information content (AvgIpc) is 2.90. The minimum atomic E-state index is -0.443. The molecule has 0 saturated carbocycles. The van der Waals surface area contributed by atoms with Gasteiger partial charge in [-0.2, -0.15) is 0 Å². The lowest BCUT2D eigenvalue weighted by molar-refractivity contribution is -0.111. The minimum Gasteiger partial charge on any atom is -0.493 e. The SMILES string of the molecule is CCOCCOC(=O)c1ccc(NC(=O)/C=C/c2ccc(OCc3ccc(Cl)cc3)c(OC)c2)cc1. The number of anilines is 1. The molecule has 0 aliphatic heterocycles. The van der Waals surface area contributed by atoms with Gasteiger partial charge in [-0.15, -0.1) is 0 Å². The number of benzene rings is 3. The Morgan fingerprint density at radius 1 is 0.944 bits per heavy atom. The largest absolute Gasteiger partial charge is 0.493 e. The Balaban J connectivity index is 1.53. The van der Waals surface area contributed by atoms with E-state index in [4.69, 9.17) is 30.5 Å². The Labute approximate surface area is 215 Å². The van der Waals surface area contributed by atoms with Crippen LogP contribution < -0.4 is 14.8 Å². The molecule has 0 radical (unpaired) electrons. The number of carbonyl (C=O) groups excluding carboxylic acids is 2. The number of methoxy groups -OCH3 is 1. The third-order valence-electron chi connectivity index (χ3n) is 4.98. The molecule has 0 fully saturated rings. The third-order valence-corrected chi connectivity index (χ3v) is 5.23. The van der Waals surface area contributed by atoms with Gasteiger partial charge in [0.1, 0.15) is 13.2 Å². The van der Waals surface area contributed by atoms with Crippen molar-refractivity contribution in [1.29, 1.82) is 0 Å². The lowest BCUT2D eigenvalue weighted by Gasteiger charge is -2.11. The number of amides is 1. The van der Waals surface area contributed by atoms with Crippen molar-refractivity contribution in [3.05, 3.63) is 94.5 Å². The molecule has 0 unspecified atom stereocenters. The molecule has 0 atom stereocenters. The summed E-state index contributed by atoms with van der Waals surface area (Å²) < 4.78 is 21.6. The van der Waals surface area contributed by atoms with Gasteiger partial charge in [-0.1, -0.05) is 29.8 Å². The molecule has 0 aliphatic carbocycles. The second-order valence-electron chi connectivity index (χ2n) is 7.56. The monoisotopic (exact) mass is 509 g/mol. The molecule has 0 bridgehead atoms. The van der Waals surface area contributed by atoms with Crippen molar-refractivity contribution >= 4 is 35.2 Å². The van der Waals surface area contributed by atoms with Crippen LogP contribution in [0.15, 0.2) is 72.8 Å². The standard InChI is InChI=1S/C28H28ClNO6/c1-3-34-16-17-35-28(32)22-8-12-24(13-9-22)30-27(31)15-7-20-6-14-25(26(18-20)33-2)36-19-21-4-10-23(29)11-5-21/h4-15,18H,3,16-17,19H2,1-2H3,(H,30,31)/b15-7+. The minimum absolute atomic E-state index is 0.191. The molecule has 3 aromatic carbocycles. The molecule has 1 amide bonds. The molecule has 0 saturated heterocycles. The highest BCUT2D eigenvalue weighted by molar-refractivity contribution is 6.30. The fourth-order valence-electron chi connectivity index (χ4n) is 3.12. The molecular formula is C28H28ClNO6. The summed E-state index contributed by atoms with van der Waals surface area (Å²) in [7, 11) is 1.56. The maximum absolute atomic E-state index is 12.3. The molecule has 1 N–H and O–H groups in total. The first-order chi connectivity index (χ1) is 17.5. The number of carbonyl (C=O) groups is 2. The van der Waals surface area contributed by atoms with Crippen molar-refractivity contribution in [2.24, 2.45) is 0 Å². The molecular weight excluding hydrogens is 482 g/mol. The highest BCUT2D eigenvalue weighted by Crippen LogP contribution is 2.29. The summed E-state index contributed by atoms with van der Waals surface area (Å²) in [4.78, 5) is 24.3. The van der Waals surface area contributed by atoms with Gasteiger partial charge in [0.15, 0.2) is 11.5 Å². The Morgan fingerprint density at radius 3 is 2.39 bits per heavy atom. The number of nitrogens with one attached hydrogen (secondary N) is 1. The van der Waals surface area contributed by atoms with Crippen LogP contribution in [0.2, 0.25) is 5.02 Å². The molecule has 0 aliphatic rings. The van der Waals surface area contributed by atoms with Gasteiger partial charge in [-0.3, -0.25) is 4.79 Å². The van der Waals surface area contributed by atoms with Crippen LogP contribution in [0.5, 0.6) is 11.5 Å². The second-order valence-corrected chi connectivity index (χ2v) is 7.99. The zero-order valence-electron chi connectivity index (χ0n) is 20.2. The van der Waals surface area contributed by atoms with E-state index in [0.717, 1.165) is 11.1 Å². The second kappa shape index (κ2) is 13.9. The van der Waals surface area contributed by atoms with Crippen molar-refractivity contribution in [3.8, 4) is 11.5 Å². The Bertz CT molecular complexity index is 1180. The summed E-state index contributed by atoms with van der Waals surface area (Å²) >= 11 is 5.92. The molecule has 188 valence electrons. The molecule has 36 heavy (non-hydrogen) atoms. The van der Waals surface area contributed by atoms with E-state index in [0.29, 0.717) is 47.6 Å². The van der Waals surface area contributed by atoms with E-state index in [9.17, 15) is 9.59 Å². The molecule has 8 heteroatoms. The van der Waals surface area contributed by atoms with Gasteiger partial charge >= 0.3 is 5.97 Å². The van der Waals surface area contributed by atoms with Crippen LogP contribution >= 0.6 is 11.6 Å². The van der Waals surface area contributed by atoms with E-state index < -0.39 is 5.97 Å². The van der Waals surface area contributed by atoms with Crippen molar-refractivity contribution in [2.75, 3.05) is 32.2 Å². The van der Waals surface area contributed by atoms with Crippen LogP contribution in [0.3, 0.4) is 0 Å². The lowest BCUT2D eigenvalue weighted by Crippen LogP contribution is -2.11. The fraction of sp³-hybridized carbons (Fsp3) is 0.214. The molecule has 0 aromatic heterocycles. The van der Waals surface area contributed by atoms with Gasteiger partial charge in [0.2, 0.25) is 5.91 Å². The number of hydrogen-bond donors (Lipinski definition) is 1. The predicted octanol–water partition coefficient (Wildman–Crippen LogP) is 5.77. The molecule has 0 spiro atoms. The van der Waals surface area contributed by atoms with E-state index >= 15 is 0 Å². The van der Waals surface area contributed by atoms with E-state index in [1.54, 1.807) is 49.6 Å². The summed E-state index contributed by atoms with van der Waals surface area (Å²) in [6.45, 7) is 3.36. The topological polar surface area (TPSA) is 83.1 Å². The first kappa shape index (κ1) is 26.8. The van der Waals surface area contributed by atoms with E-state index in [1.807, 2.05) is 37.3 Å². The van der Waals surface area contributed by atoms with E-state index in [1.165, 1.54) is 6.08 Å². The van der Waals surface area contributed by atoms with Crippen molar-refractivity contribution in [3.63, 3.8) is 0 Å². The fourth-order valence-corrected chi connectivity index (χ4v) is 3.24. The van der Waals surface area contributed by atoms with Gasteiger partial charge < -0.3 is 24.3 Å². The summed E-state index contributed by atoms with van der Waals surface area (Å²) in [5.74, 6) is 0.381. The number of rotatable bonds is 12. The van der Waals surface area contributed by atoms with E-state index in [2.05, 4.69) is 5.32 Å². The zero-order valence-corrected chi connectivity index (χ0v) is 20.9. The van der Waals surface area contributed by atoms with Gasteiger partial charge in [0, 0.05) is 23.4 Å². The maximum Gasteiger partial charge on any atom is 0.338 e. The Kier molecular flexibility index (Phi) is 10.4. The normalized spacial score (nSPS) is 10.8. The van der Waals surface area contributed by atoms with Crippen LogP contribution in [0, 0.1) is 0 Å². The first-order valence-electron chi connectivity index (χ1n) is 11.4. The highest BCUT2D eigenvalue weighted by atomic mass is 35.5. The number of ether oxygens (including phenoxy) is 4. The van der Waals surface area contributed by atoms with Crippen LogP contribution in [-0.4, -0.2) is 38.8 Å². The number of hydrogen-bond acceptors (Lipinski definition) is 6. The van der Waals surface area contributed by atoms with Gasteiger partial charge in [-0.05, 0) is 72.7 Å². The van der Waals surface area contributed by atoms with Crippen LogP contribution in [0.1, 0.15) is 28.4 Å². The van der Waals surface area contributed by atoms with E-state index in [-0.39, 0.29) is 12.5 Å². The summed E-state index contributed by atoms with van der Waals surface area (Å²) in [6, 6.07) is 19.3. The third kappa shape index (κ3) is 8.45. The number of esters is 1. The van der Waals surface area contributed by atoms with Crippen LogP contribution in [-0.2, 0) is 20.9 Å². The van der Waals surface area contributed by atoms with Gasteiger partial charge in [0.25, 0.3) is 0 Å². The molecule has 0 heterocycles. The van der Waals surface area contributed by atoms with Gasteiger partial charge in [-0.25, -0.2) is 4.79 Å². The molecule has 3 aromatic rings. The highest BCUT2D eigenvalue weighted by Gasteiger charge is 2.08. The smallest absolute Gasteiger partial charge is 0.338 e. The van der Waals surface area contributed by atoms with Crippen LogP contribution in [0.4, 0.5) is 5.69 Å². The summed E-state index contributed by atoms with van der Waals surface area (Å²) in [5, 5.41) is 3.43. The Morgan fingerprint density at radius 2 is 1.69 bits per heavy atom. The molecule has 7 nitrogen and oxygen atoms in total. The summed E-state index contributed by atoms with van der Waals surface area (Å²) in [5.41, 5.74) is 2.70. The Hall–Kier alpha value is -3.81. The van der Waals surface area contributed by atoms with Crippen molar-refractivity contribution < 1.29 is 28.5 Å². The molecule has 3 rings (SSSR count). The van der Waals surface area contributed by atoms with Gasteiger partial charge in [0.05, 0.1) is 19.3 Å². The average molecular weight is 510 g/mol. The first-order valence-corrected chi connectivity index (χ1v) is 11.8. The quantitative estimate of drug-likeness (QED) is 0.189. The van der Waals surface area contributed by atoms with Crippen LogP contribution in [0.25, 0.3) is 6.08 Å². The number of halogens is 1. The summed E-state index contributed by atoms with van der Waals surface area (Å²) in [6.07, 6.45) is 3.09. The zero-order chi connectivity index (χ0) is 25.8.